The first-order valence-corrected chi connectivity index (χ1v) is 9.88. The third kappa shape index (κ3) is 2.59. The summed E-state index contributed by atoms with van der Waals surface area (Å²) in [7, 11) is 0. The highest BCUT2D eigenvalue weighted by Crippen LogP contribution is 2.46. The number of nitrogens with zero attached hydrogens (tertiary/aromatic N) is 1. The van der Waals surface area contributed by atoms with Gasteiger partial charge < -0.3 is 0 Å². The normalized spacial score (nSPS) is 10.9. The average Bonchev–Trinajstić information content (AvgIpc) is 3.16. The molecule has 0 aliphatic rings. The van der Waals surface area contributed by atoms with Crippen molar-refractivity contribution >= 4 is 48.7 Å². The van der Waals surface area contributed by atoms with Gasteiger partial charge in [-0.15, -0.1) is 22.7 Å². The lowest BCUT2D eigenvalue weighted by molar-refractivity contribution is 1.49. The summed E-state index contributed by atoms with van der Waals surface area (Å²) in [6.07, 6.45) is 0. The Bertz CT molecular complexity index is 1080. The maximum absolute atomic E-state index is 8.94. The standard InChI is InChI=1S/C20H12BrNS2/c1-12-16(20-19(21)15-4-2-3-5-17(15)24-20)10-18(23-12)14-8-6-13(11-22)7-9-14/h2-10H,1H3. The highest BCUT2D eigenvalue weighted by molar-refractivity contribution is 9.10. The molecule has 0 spiro atoms. The summed E-state index contributed by atoms with van der Waals surface area (Å²) < 4.78 is 2.47. The first-order valence-electron chi connectivity index (χ1n) is 7.46. The van der Waals surface area contributed by atoms with Crippen LogP contribution in [0.15, 0.2) is 59.1 Å². The molecule has 0 saturated heterocycles. The van der Waals surface area contributed by atoms with Crippen LogP contribution in [0.1, 0.15) is 10.4 Å². The van der Waals surface area contributed by atoms with Crippen LogP contribution in [0.3, 0.4) is 0 Å². The minimum atomic E-state index is 0.694. The Morgan fingerprint density at radius 3 is 2.46 bits per heavy atom. The summed E-state index contributed by atoms with van der Waals surface area (Å²) in [5, 5.41) is 10.2. The van der Waals surface area contributed by atoms with Gasteiger partial charge in [0.1, 0.15) is 0 Å². The molecule has 0 aliphatic carbocycles. The molecule has 0 saturated carbocycles. The van der Waals surface area contributed by atoms with Crippen molar-refractivity contribution in [2.24, 2.45) is 0 Å². The second kappa shape index (κ2) is 6.18. The third-order valence-corrected chi connectivity index (χ3v) is 7.39. The van der Waals surface area contributed by atoms with Gasteiger partial charge in [0, 0.05) is 29.9 Å². The molecule has 116 valence electrons. The van der Waals surface area contributed by atoms with E-state index in [1.165, 1.54) is 34.8 Å². The van der Waals surface area contributed by atoms with Crippen molar-refractivity contribution in [3.63, 3.8) is 0 Å². The lowest BCUT2D eigenvalue weighted by Crippen LogP contribution is -1.75. The minimum absolute atomic E-state index is 0.694. The van der Waals surface area contributed by atoms with E-state index in [0.29, 0.717) is 5.56 Å². The summed E-state index contributed by atoms with van der Waals surface area (Å²) >= 11 is 7.41. The van der Waals surface area contributed by atoms with Crippen molar-refractivity contribution in [1.29, 1.82) is 5.26 Å². The van der Waals surface area contributed by atoms with E-state index in [0.717, 1.165) is 5.56 Å². The van der Waals surface area contributed by atoms with Gasteiger partial charge in [-0.1, -0.05) is 30.3 Å². The van der Waals surface area contributed by atoms with Crippen molar-refractivity contribution in [2.75, 3.05) is 0 Å². The van der Waals surface area contributed by atoms with E-state index in [2.05, 4.69) is 59.3 Å². The summed E-state index contributed by atoms with van der Waals surface area (Å²) in [5.41, 5.74) is 3.14. The van der Waals surface area contributed by atoms with Gasteiger partial charge in [0.2, 0.25) is 0 Å². The van der Waals surface area contributed by atoms with Crippen molar-refractivity contribution in [3.8, 4) is 27.0 Å². The van der Waals surface area contributed by atoms with Crippen LogP contribution in [-0.4, -0.2) is 0 Å². The van der Waals surface area contributed by atoms with E-state index >= 15 is 0 Å². The molecule has 0 N–H and O–H groups in total. The molecule has 4 rings (SSSR count). The molecule has 2 aromatic carbocycles. The van der Waals surface area contributed by atoms with Crippen molar-refractivity contribution in [1.82, 2.24) is 0 Å². The summed E-state index contributed by atoms with van der Waals surface area (Å²) in [6.45, 7) is 2.17. The number of rotatable bonds is 2. The monoisotopic (exact) mass is 409 g/mol. The molecule has 0 amide bonds. The van der Waals surface area contributed by atoms with Gasteiger partial charge in [-0.2, -0.15) is 5.26 Å². The number of aryl methyl sites for hydroxylation is 1. The van der Waals surface area contributed by atoms with E-state index in [1.807, 2.05) is 35.6 Å². The zero-order valence-corrected chi connectivity index (χ0v) is 16.1. The Hall–Kier alpha value is -1.93. The van der Waals surface area contributed by atoms with Gasteiger partial charge in [0.25, 0.3) is 0 Å². The van der Waals surface area contributed by atoms with E-state index < -0.39 is 0 Å². The van der Waals surface area contributed by atoms with E-state index in [1.54, 1.807) is 11.3 Å². The highest BCUT2D eigenvalue weighted by atomic mass is 79.9. The van der Waals surface area contributed by atoms with Gasteiger partial charge in [-0.05, 0) is 52.7 Å². The summed E-state index contributed by atoms with van der Waals surface area (Å²) in [5.74, 6) is 0. The van der Waals surface area contributed by atoms with Gasteiger partial charge in [0.15, 0.2) is 0 Å². The smallest absolute Gasteiger partial charge is 0.0991 e. The lowest BCUT2D eigenvalue weighted by Gasteiger charge is -1.97. The Morgan fingerprint density at radius 1 is 1.00 bits per heavy atom. The first kappa shape index (κ1) is 15.6. The molecule has 0 aliphatic heterocycles. The fraction of sp³-hybridized carbons (Fsp3) is 0.0500. The molecular weight excluding hydrogens is 398 g/mol. The molecule has 4 heteroatoms. The largest absolute Gasteiger partial charge is 0.192 e. The summed E-state index contributed by atoms with van der Waals surface area (Å²) in [4.78, 5) is 3.82. The third-order valence-electron chi connectivity index (χ3n) is 4.00. The van der Waals surface area contributed by atoms with Crippen molar-refractivity contribution in [2.45, 2.75) is 6.92 Å². The molecule has 2 heterocycles. The van der Waals surface area contributed by atoms with Crippen LogP contribution in [0.5, 0.6) is 0 Å². The van der Waals surface area contributed by atoms with Crippen LogP contribution in [0, 0.1) is 18.3 Å². The Morgan fingerprint density at radius 2 is 1.75 bits per heavy atom. The number of benzene rings is 2. The Labute approximate surface area is 156 Å². The number of fused-ring (bicyclic) bond motifs is 1. The van der Waals surface area contributed by atoms with Crippen LogP contribution in [0.2, 0.25) is 0 Å². The van der Waals surface area contributed by atoms with E-state index in [9.17, 15) is 0 Å². The molecule has 1 nitrogen and oxygen atoms in total. The van der Waals surface area contributed by atoms with Crippen LogP contribution in [0.4, 0.5) is 0 Å². The fourth-order valence-electron chi connectivity index (χ4n) is 2.75. The molecule has 0 unspecified atom stereocenters. The SMILES string of the molecule is Cc1sc(-c2ccc(C#N)cc2)cc1-c1sc2ccccc2c1Br. The van der Waals surface area contributed by atoms with Gasteiger partial charge in [-0.25, -0.2) is 0 Å². The second-order valence-electron chi connectivity index (χ2n) is 5.51. The Kier molecular flexibility index (Phi) is 4.01. The molecule has 4 aromatic rings. The molecule has 24 heavy (non-hydrogen) atoms. The number of halogens is 1. The number of hydrogen-bond acceptors (Lipinski definition) is 3. The molecular formula is C20H12BrNS2. The van der Waals surface area contributed by atoms with E-state index in [-0.39, 0.29) is 0 Å². The van der Waals surface area contributed by atoms with Crippen LogP contribution in [-0.2, 0) is 0 Å². The highest BCUT2D eigenvalue weighted by Gasteiger charge is 2.16. The molecule has 0 radical (unpaired) electrons. The van der Waals surface area contributed by atoms with Gasteiger partial charge >= 0.3 is 0 Å². The maximum atomic E-state index is 8.94. The predicted octanol–water partition coefficient (Wildman–Crippen LogP) is 7.24. The predicted molar refractivity (Wildman–Crippen MR) is 108 cm³/mol. The van der Waals surface area contributed by atoms with Gasteiger partial charge in [-0.3, -0.25) is 0 Å². The molecule has 0 atom stereocenters. The molecule has 0 bridgehead atoms. The topological polar surface area (TPSA) is 23.8 Å². The van der Waals surface area contributed by atoms with E-state index in [4.69, 9.17) is 5.26 Å². The fourth-order valence-corrected chi connectivity index (χ4v) is 5.94. The van der Waals surface area contributed by atoms with Crippen LogP contribution >= 0.6 is 38.6 Å². The molecule has 2 aromatic heterocycles. The zero-order chi connectivity index (χ0) is 16.7. The Balaban J connectivity index is 1.83. The average molecular weight is 410 g/mol. The first-order chi connectivity index (χ1) is 11.7. The lowest BCUT2D eigenvalue weighted by atomic mass is 10.1. The second-order valence-corrected chi connectivity index (χ2v) is 8.61. The minimum Gasteiger partial charge on any atom is -0.192 e. The summed E-state index contributed by atoms with van der Waals surface area (Å²) in [6, 6.07) is 20.7. The maximum Gasteiger partial charge on any atom is 0.0991 e. The molecule has 0 fully saturated rings. The van der Waals surface area contributed by atoms with Crippen molar-refractivity contribution in [3.05, 3.63) is 69.5 Å². The van der Waals surface area contributed by atoms with Gasteiger partial charge in [0.05, 0.1) is 16.5 Å². The van der Waals surface area contributed by atoms with Crippen molar-refractivity contribution < 1.29 is 0 Å². The number of nitriles is 1. The zero-order valence-electron chi connectivity index (χ0n) is 12.8. The number of hydrogen-bond donors (Lipinski definition) is 0. The van der Waals surface area contributed by atoms with Crippen LogP contribution in [0.25, 0.3) is 31.0 Å². The quantitative estimate of drug-likeness (QED) is 0.342. The van der Waals surface area contributed by atoms with Crippen LogP contribution < -0.4 is 0 Å². The number of thiophene rings is 2.